The van der Waals surface area contributed by atoms with Crippen molar-refractivity contribution >= 4 is 15.9 Å². The maximum atomic E-state index is 12.9. The highest BCUT2D eigenvalue weighted by molar-refractivity contribution is 9.10. The average Bonchev–Trinajstić information content (AvgIpc) is 2.07. The van der Waals surface area contributed by atoms with Crippen molar-refractivity contribution in [2.45, 2.75) is 26.7 Å². The van der Waals surface area contributed by atoms with E-state index in [1.54, 1.807) is 0 Å². The minimum atomic E-state index is -0.187. The average molecular weight is 245 g/mol. The minimum Gasteiger partial charge on any atom is -0.206 e. The fourth-order valence-electron chi connectivity index (χ4n) is 1.15. The molecule has 0 atom stereocenters. The molecule has 0 aliphatic rings. The molecule has 1 aromatic rings. The van der Waals surface area contributed by atoms with Crippen molar-refractivity contribution in [2.75, 3.05) is 0 Å². The molecule has 2 heteroatoms. The summed E-state index contributed by atoms with van der Waals surface area (Å²) in [6, 6.07) is 5.22. The first-order chi connectivity index (χ1) is 6.09. The van der Waals surface area contributed by atoms with E-state index in [4.69, 9.17) is 0 Å². The Balaban J connectivity index is 2.63. The lowest BCUT2D eigenvalue weighted by molar-refractivity contribution is 0.584. The van der Waals surface area contributed by atoms with Crippen molar-refractivity contribution < 1.29 is 4.39 Å². The molecule has 0 aliphatic carbocycles. The van der Waals surface area contributed by atoms with Crippen LogP contribution in [0.5, 0.6) is 0 Å². The highest BCUT2D eigenvalue weighted by atomic mass is 79.9. The lowest BCUT2D eigenvalue weighted by atomic mass is 10.0. The molecule has 0 unspecified atom stereocenters. The zero-order valence-electron chi connectivity index (χ0n) is 7.98. The third-order valence-electron chi connectivity index (χ3n) is 1.99. The third-order valence-corrected chi connectivity index (χ3v) is 2.60. The number of halogens is 2. The monoisotopic (exact) mass is 244 g/mol. The van der Waals surface area contributed by atoms with Gasteiger partial charge < -0.3 is 0 Å². The SMILES string of the molecule is CC(C)CCc1ccc(F)c(Br)c1. The Kier molecular flexibility index (Phi) is 3.91. The van der Waals surface area contributed by atoms with Gasteiger partial charge in [-0.3, -0.25) is 0 Å². The van der Waals surface area contributed by atoms with Gasteiger partial charge in [0.25, 0.3) is 0 Å². The number of benzene rings is 1. The second kappa shape index (κ2) is 4.75. The molecule has 13 heavy (non-hydrogen) atoms. The summed E-state index contributed by atoms with van der Waals surface area (Å²) in [7, 11) is 0. The van der Waals surface area contributed by atoms with Crippen molar-refractivity contribution in [1.29, 1.82) is 0 Å². The summed E-state index contributed by atoms with van der Waals surface area (Å²) < 4.78 is 13.4. The van der Waals surface area contributed by atoms with E-state index in [-0.39, 0.29) is 5.82 Å². The molecule has 1 rings (SSSR count). The molecule has 0 bridgehead atoms. The van der Waals surface area contributed by atoms with Crippen LogP contribution in [0.1, 0.15) is 25.8 Å². The summed E-state index contributed by atoms with van der Waals surface area (Å²) in [5.41, 5.74) is 1.20. The van der Waals surface area contributed by atoms with Crippen LogP contribution in [-0.4, -0.2) is 0 Å². The van der Waals surface area contributed by atoms with E-state index in [0.717, 1.165) is 12.8 Å². The molecule has 0 aliphatic heterocycles. The van der Waals surface area contributed by atoms with E-state index >= 15 is 0 Å². The lowest BCUT2D eigenvalue weighted by Crippen LogP contribution is -1.92. The van der Waals surface area contributed by atoms with E-state index in [9.17, 15) is 4.39 Å². The Hall–Kier alpha value is -0.370. The van der Waals surface area contributed by atoms with Crippen molar-refractivity contribution in [3.05, 3.63) is 34.1 Å². The summed E-state index contributed by atoms with van der Waals surface area (Å²) in [4.78, 5) is 0. The predicted octanol–water partition coefficient (Wildman–Crippen LogP) is 4.18. The van der Waals surface area contributed by atoms with Crippen molar-refractivity contribution in [3.63, 3.8) is 0 Å². The first-order valence-electron chi connectivity index (χ1n) is 4.53. The van der Waals surface area contributed by atoms with Crippen LogP contribution in [0, 0.1) is 11.7 Å². The van der Waals surface area contributed by atoms with Crippen LogP contribution in [0.4, 0.5) is 4.39 Å². The molecular weight excluding hydrogens is 231 g/mol. The third kappa shape index (κ3) is 3.47. The van der Waals surface area contributed by atoms with Crippen LogP contribution >= 0.6 is 15.9 Å². The first-order valence-corrected chi connectivity index (χ1v) is 5.33. The maximum Gasteiger partial charge on any atom is 0.137 e. The van der Waals surface area contributed by atoms with Crippen molar-refractivity contribution in [3.8, 4) is 0 Å². The highest BCUT2D eigenvalue weighted by Gasteiger charge is 2.01. The van der Waals surface area contributed by atoms with E-state index < -0.39 is 0 Å². The fourth-order valence-corrected chi connectivity index (χ4v) is 1.58. The molecule has 1 aromatic carbocycles. The molecule has 0 radical (unpaired) electrons. The van der Waals surface area contributed by atoms with Crippen LogP contribution in [0.25, 0.3) is 0 Å². The second-order valence-electron chi connectivity index (χ2n) is 3.68. The Morgan fingerprint density at radius 2 is 2.08 bits per heavy atom. The van der Waals surface area contributed by atoms with E-state index in [0.29, 0.717) is 10.4 Å². The van der Waals surface area contributed by atoms with Gasteiger partial charge in [0, 0.05) is 0 Å². The zero-order chi connectivity index (χ0) is 9.84. The molecule has 0 heterocycles. The summed E-state index contributed by atoms with van der Waals surface area (Å²) >= 11 is 3.18. The Morgan fingerprint density at radius 3 is 2.62 bits per heavy atom. The molecule has 0 amide bonds. The fraction of sp³-hybridized carbons (Fsp3) is 0.455. The second-order valence-corrected chi connectivity index (χ2v) is 4.54. The largest absolute Gasteiger partial charge is 0.206 e. The molecule has 0 saturated carbocycles. The van der Waals surface area contributed by atoms with Gasteiger partial charge in [-0.1, -0.05) is 19.9 Å². The first kappa shape index (κ1) is 10.7. The zero-order valence-corrected chi connectivity index (χ0v) is 9.57. The Labute approximate surface area is 87.3 Å². The standard InChI is InChI=1S/C11H14BrF/c1-8(2)3-4-9-5-6-11(13)10(12)7-9/h5-8H,3-4H2,1-2H3. The molecule has 72 valence electrons. The van der Waals surface area contributed by atoms with Crippen LogP contribution in [0.15, 0.2) is 22.7 Å². The highest BCUT2D eigenvalue weighted by Crippen LogP contribution is 2.18. The number of aryl methyl sites for hydroxylation is 1. The molecular formula is C11H14BrF. The maximum absolute atomic E-state index is 12.9. The molecule has 0 fully saturated rings. The van der Waals surface area contributed by atoms with Gasteiger partial charge in [-0.05, 0) is 52.4 Å². The van der Waals surface area contributed by atoms with Gasteiger partial charge in [0.1, 0.15) is 5.82 Å². The quantitative estimate of drug-likeness (QED) is 0.749. The van der Waals surface area contributed by atoms with Crippen molar-refractivity contribution in [2.24, 2.45) is 5.92 Å². The summed E-state index contributed by atoms with van der Waals surface area (Å²) in [5.74, 6) is 0.511. The van der Waals surface area contributed by atoms with Crippen LogP contribution < -0.4 is 0 Å². The van der Waals surface area contributed by atoms with Gasteiger partial charge >= 0.3 is 0 Å². The molecule has 0 saturated heterocycles. The van der Waals surface area contributed by atoms with Crippen molar-refractivity contribution in [1.82, 2.24) is 0 Å². The smallest absolute Gasteiger partial charge is 0.137 e. The summed E-state index contributed by atoms with van der Waals surface area (Å²) in [6.45, 7) is 4.39. The molecule has 0 nitrogen and oxygen atoms in total. The van der Waals surface area contributed by atoms with Gasteiger partial charge in [0.15, 0.2) is 0 Å². The van der Waals surface area contributed by atoms with Crippen LogP contribution in [0.3, 0.4) is 0 Å². The lowest BCUT2D eigenvalue weighted by Gasteiger charge is -2.05. The predicted molar refractivity (Wildman–Crippen MR) is 57.3 cm³/mol. The van der Waals surface area contributed by atoms with E-state index in [1.165, 1.54) is 11.6 Å². The molecule has 0 N–H and O–H groups in total. The summed E-state index contributed by atoms with van der Waals surface area (Å²) in [6.07, 6.45) is 2.18. The summed E-state index contributed by atoms with van der Waals surface area (Å²) in [5, 5.41) is 0. The van der Waals surface area contributed by atoms with Gasteiger partial charge in [-0.2, -0.15) is 0 Å². The van der Waals surface area contributed by atoms with E-state index in [2.05, 4.69) is 29.8 Å². The number of hydrogen-bond acceptors (Lipinski definition) is 0. The van der Waals surface area contributed by atoms with Gasteiger partial charge in [0.2, 0.25) is 0 Å². The Morgan fingerprint density at radius 1 is 1.38 bits per heavy atom. The Bertz CT molecular complexity index is 281. The van der Waals surface area contributed by atoms with Gasteiger partial charge in [-0.25, -0.2) is 4.39 Å². The van der Waals surface area contributed by atoms with Crippen LogP contribution in [-0.2, 0) is 6.42 Å². The molecule has 0 spiro atoms. The topological polar surface area (TPSA) is 0 Å². The van der Waals surface area contributed by atoms with Gasteiger partial charge in [0.05, 0.1) is 4.47 Å². The number of hydrogen-bond donors (Lipinski definition) is 0. The van der Waals surface area contributed by atoms with Gasteiger partial charge in [-0.15, -0.1) is 0 Å². The minimum absolute atomic E-state index is 0.187. The van der Waals surface area contributed by atoms with Crippen LogP contribution in [0.2, 0.25) is 0 Å². The number of rotatable bonds is 3. The normalized spacial score (nSPS) is 10.8. The molecule has 0 aromatic heterocycles. The van der Waals surface area contributed by atoms with E-state index in [1.807, 2.05) is 12.1 Å².